The minimum absolute atomic E-state index is 0.00814. The van der Waals surface area contributed by atoms with Crippen molar-refractivity contribution in [2.75, 3.05) is 26.9 Å². The number of phenols is 1. The molecule has 1 aromatic carbocycles. The maximum absolute atomic E-state index is 14.9. The number of thiazole rings is 1. The fourth-order valence-corrected chi connectivity index (χ4v) is 9.27. The van der Waals surface area contributed by atoms with Crippen molar-refractivity contribution in [2.24, 2.45) is 17.8 Å². The molecule has 18 heteroatoms. The maximum atomic E-state index is 14.9. The molecule has 1 aliphatic heterocycles. The van der Waals surface area contributed by atoms with E-state index in [0.29, 0.717) is 29.8 Å². The lowest BCUT2D eigenvalue weighted by atomic mass is 9.80. The Kier molecular flexibility index (Phi) is 20.6. The first-order chi connectivity index (χ1) is 31.5. The van der Waals surface area contributed by atoms with Crippen LogP contribution in [-0.2, 0) is 49.4 Å². The molecular formula is C49H76N6O11S. The van der Waals surface area contributed by atoms with E-state index in [9.17, 15) is 33.9 Å². The van der Waals surface area contributed by atoms with Gasteiger partial charge < -0.3 is 34.9 Å². The Morgan fingerprint density at radius 1 is 1.03 bits per heavy atom. The molecule has 1 aromatic heterocycles. The lowest BCUT2D eigenvalue weighted by Gasteiger charge is -2.39. The van der Waals surface area contributed by atoms with Crippen molar-refractivity contribution >= 4 is 47.0 Å². The molecule has 1 saturated heterocycles. The number of esters is 3. The number of amides is 3. The molecule has 1 aliphatic carbocycles. The second-order valence-electron chi connectivity index (χ2n) is 20.0. The van der Waals surface area contributed by atoms with Crippen molar-refractivity contribution in [3.05, 3.63) is 45.4 Å². The number of nitrogens with zero attached hydrogens (tertiary/aromatic N) is 3. The molecule has 2 aliphatic rings. The maximum Gasteiger partial charge on any atom is 0.313 e. The summed E-state index contributed by atoms with van der Waals surface area (Å²) in [6.07, 6.45) is 2.35. The summed E-state index contributed by atoms with van der Waals surface area (Å²) in [5, 5.41) is 18.3. The fraction of sp³-hybridized carbons (Fsp3) is 0.694. The molecule has 1 unspecified atom stereocenters. The summed E-state index contributed by atoms with van der Waals surface area (Å²) < 4.78 is 17.5. The number of nitrogens with one attached hydrogen (secondary N) is 3. The van der Waals surface area contributed by atoms with Crippen LogP contribution < -0.4 is 16.1 Å². The third kappa shape index (κ3) is 16.5. The Hall–Kier alpha value is -4.65. The van der Waals surface area contributed by atoms with Crippen molar-refractivity contribution in [3.8, 4) is 5.75 Å². The van der Waals surface area contributed by atoms with E-state index >= 15 is 0 Å². The van der Waals surface area contributed by atoms with Gasteiger partial charge in [-0.1, -0.05) is 60.5 Å². The van der Waals surface area contributed by atoms with Crippen LogP contribution >= 0.6 is 11.3 Å². The predicted molar refractivity (Wildman–Crippen MR) is 254 cm³/mol. The first kappa shape index (κ1) is 55.0. The van der Waals surface area contributed by atoms with Gasteiger partial charge in [0.15, 0.2) is 12.8 Å². The van der Waals surface area contributed by atoms with E-state index in [-0.39, 0.29) is 67.0 Å². The molecule has 1 fully saturated rings. The van der Waals surface area contributed by atoms with E-state index < -0.39 is 78.3 Å². The zero-order valence-electron chi connectivity index (χ0n) is 41.6. The van der Waals surface area contributed by atoms with E-state index in [1.165, 1.54) is 17.9 Å². The van der Waals surface area contributed by atoms with Gasteiger partial charge in [0.1, 0.15) is 28.6 Å². The highest BCUT2D eigenvalue weighted by Gasteiger charge is 2.40. The number of carbonyl (C=O) groups excluding carboxylic acids is 6. The van der Waals surface area contributed by atoms with Gasteiger partial charge in [-0.05, 0) is 108 Å². The SMILES string of the molecule is CC[C@H](C)[C@H](NC(=O)[C@H]1CCCCN1C)C(=O)N(COC(=O)CC(C)C)[C@H](C[C@@H](OC(C)=O)c1nc(C(=O)N[C@H]2Cc3ccc(O)cc3[C@H](C(=O)OC(C)CNOC(C)(C)C)C2)cs1)C(C)C. The van der Waals surface area contributed by atoms with Crippen LogP contribution in [-0.4, -0.2) is 118 Å². The second-order valence-corrected chi connectivity index (χ2v) is 20.9. The second kappa shape index (κ2) is 25.1. The normalized spacial score (nSPS) is 19.9. The topological polar surface area (TPSA) is 215 Å². The average Bonchev–Trinajstić information content (AvgIpc) is 3.74. The highest BCUT2D eigenvalue weighted by Crippen LogP contribution is 2.36. The monoisotopic (exact) mass is 957 g/mol. The summed E-state index contributed by atoms with van der Waals surface area (Å²) in [6, 6.07) is 2.31. The van der Waals surface area contributed by atoms with Crippen molar-refractivity contribution in [1.82, 2.24) is 30.9 Å². The summed E-state index contributed by atoms with van der Waals surface area (Å²) in [7, 11) is 1.91. The van der Waals surface area contributed by atoms with Gasteiger partial charge in [-0.15, -0.1) is 11.3 Å². The third-order valence-electron chi connectivity index (χ3n) is 12.2. The number of hydroxylamine groups is 1. The number of benzene rings is 1. The van der Waals surface area contributed by atoms with E-state index in [1.54, 1.807) is 24.4 Å². The number of rotatable bonds is 22. The summed E-state index contributed by atoms with van der Waals surface area (Å²) in [4.78, 5) is 95.7. The Morgan fingerprint density at radius 3 is 2.37 bits per heavy atom. The summed E-state index contributed by atoms with van der Waals surface area (Å²) >= 11 is 1.12. The van der Waals surface area contributed by atoms with Crippen LogP contribution in [0.2, 0.25) is 0 Å². The Labute approximate surface area is 400 Å². The fourth-order valence-electron chi connectivity index (χ4n) is 8.44. The number of aromatic hydroxyl groups is 1. The van der Waals surface area contributed by atoms with Gasteiger partial charge in [0.05, 0.1) is 24.1 Å². The van der Waals surface area contributed by atoms with Crippen LogP contribution in [0.15, 0.2) is 23.6 Å². The van der Waals surface area contributed by atoms with Gasteiger partial charge in [0, 0.05) is 37.2 Å². The van der Waals surface area contributed by atoms with Gasteiger partial charge in [0.2, 0.25) is 11.8 Å². The molecule has 0 spiro atoms. The molecule has 0 radical (unpaired) electrons. The highest BCUT2D eigenvalue weighted by molar-refractivity contribution is 7.09. The van der Waals surface area contributed by atoms with Crippen molar-refractivity contribution < 1.29 is 52.9 Å². The number of likely N-dealkylation sites (tertiary alicyclic amines) is 1. The highest BCUT2D eigenvalue weighted by atomic mass is 32.1. The number of piperidine rings is 1. The first-order valence-electron chi connectivity index (χ1n) is 23.8. The predicted octanol–water partition coefficient (Wildman–Crippen LogP) is 6.34. The number of ether oxygens (including phenoxy) is 3. The van der Waals surface area contributed by atoms with Crippen LogP contribution in [0.5, 0.6) is 5.75 Å². The molecule has 4 rings (SSSR count). The number of hydrogen-bond acceptors (Lipinski definition) is 15. The molecular weight excluding hydrogens is 881 g/mol. The standard InChI is InChI=1S/C49H76N6O11S/c1-13-30(6)43(53-45(60)39-16-14-15-19-54(39)12)47(61)55(27-63-42(58)20-28(2)3)40(29(4)5)24-41(65-32(8)56)46-52-38(26-67-46)44(59)51-34-21-33-17-18-35(57)23-36(33)37(22-34)48(62)64-31(7)25-50-66-49(9,10)11/h17-18,23,26,28-31,34,37,39-41,43,50,57H,13-16,19-22,24-25,27H2,1-12H3,(H,51,59)(H,53,60)/t30-,31?,34-,37+,39+,40+,41+,43-/m0/s1. The zero-order valence-corrected chi connectivity index (χ0v) is 42.5. The summed E-state index contributed by atoms with van der Waals surface area (Å²) in [5.74, 6) is -4.06. The smallest absolute Gasteiger partial charge is 0.313 e. The molecule has 8 atom stereocenters. The van der Waals surface area contributed by atoms with E-state index in [0.717, 1.165) is 36.3 Å². The van der Waals surface area contributed by atoms with Gasteiger partial charge >= 0.3 is 17.9 Å². The van der Waals surface area contributed by atoms with E-state index in [1.807, 2.05) is 74.3 Å². The molecule has 2 heterocycles. The Bertz CT molecular complexity index is 2000. The minimum Gasteiger partial charge on any atom is -0.508 e. The molecule has 67 heavy (non-hydrogen) atoms. The molecule has 17 nitrogen and oxygen atoms in total. The molecule has 0 saturated carbocycles. The van der Waals surface area contributed by atoms with Gasteiger partial charge in [-0.3, -0.25) is 38.5 Å². The first-order valence-corrected chi connectivity index (χ1v) is 24.7. The Morgan fingerprint density at radius 2 is 1.75 bits per heavy atom. The lowest BCUT2D eigenvalue weighted by Crippen LogP contribution is -2.59. The molecule has 2 aromatic rings. The van der Waals surface area contributed by atoms with Crippen molar-refractivity contribution in [3.63, 3.8) is 0 Å². The quantitative estimate of drug-likeness (QED) is 0.0439. The van der Waals surface area contributed by atoms with Crippen molar-refractivity contribution in [1.29, 1.82) is 0 Å². The summed E-state index contributed by atoms with van der Waals surface area (Å²) in [6.45, 7) is 20.8. The largest absolute Gasteiger partial charge is 0.508 e. The van der Waals surface area contributed by atoms with Gasteiger partial charge in [-0.2, -0.15) is 5.48 Å². The van der Waals surface area contributed by atoms with Gasteiger partial charge in [-0.25, -0.2) is 4.98 Å². The Balaban J connectivity index is 1.58. The number of hydrogen-bond donors (Lipinski definition) is 4. The molecule has 0 bridgehead atoms. The zero-order chi connectivity index (χ0) is 49.7. The van der Waals surface area contributed by atoms with Crippen LogP contribution in [0, 0.1) is 17.8 Å². The number of carbonyl (C=O) groups is 6. The summed E-state index contributed by atoms with van der Waals surface area (Å²) in [5.41, 5.74) is 3.87. The van der Waals surface area contributed by atoms with E-state index in [4.69, 9.17) is 19.0 Å². The molecule has 3 amide bonds. The van der Waals surface area contributed by atoms with Crippen LogP contribution in [0.25, 0.3) is 0 Å². The lowest BCUT2D eigenvalue weighted by molar-refractivity contribution is -0.161. The van der Waals surface area contributed by atoms with Crippen LogP contribution in [0.1, 0.15) is 160 Å². The van der Waals surface area contributed by atoms with Gasteiger partial charge in [0.25, 0.3) is 5.91 Å². The third-order valence-corrected chi connectivity index (χ3v) is 13.2. The van der Waals surface area contributed by atoms with Crippen LogP contribution in [0.4, 0.5) is 0 Å². The van der Waals surface area contributed by atoms with Crippen LogP contribution in [0.3, 0.4) is 0 Å². The van der Waals surface area contributed by atoms with Crippen molar-refractivity contribution in [2.45, 2.75) is 175 Å². The van der Waals surface area contributed by atoms with E-state index in [2.05, 4.69) is 21.1 Å². The number of fused-ring (bicyclic) bond motifs is 1. The molecule has 374 valence electrons. The number of aromatic nitrogens is 1. The average molecular weight is 957 g/mol. The minimum atomic E-state index is -1.01. The number of phenolic OH excluding ortho intramolecular Hbond substituents is 1. The number of likely N-dealkylation sites (N-methyl/N-ethyl adjacent to an activating group) is 1. The molecule has 4 N–H and O–H groups in total.